The third kappa shape index (κ3) is 4.42. The van der Waals surface area contributed by atoms with Crippen LogP contribution in [0, 0.1) is 0 Å². The van der Waals surface area contributed by atoms with Crippen LogP contribution in [0.3, 0.4) is 0 Å². The Hall–Kier alpha value is -1.70. The maximum atomic E-state index is 12.7. The van der Waals surface area contributed by atoms with E-state index in [1.165, 1.54) is 0 Å². The normalized spacial score (nSPS) is 19.2. The zero-order chi connectivity index (χ0) is 17.3. The van der Waals surface area contributed by atoms with Crippen LogP contribution in [0.5, 0.6) is 0 Å². The molecule has 1 saturated heterocycles. The van der Waals surface area contributed by atoms with Crippen molar-refractivity contribution < 1.29 is 9.32 Å². The number of aromatic nitrogens is 3. The molecule has 4 rings (SSSR count). The van der Waals surface area contributed by atoms with Crippen molar-refractivity contribution in [1.29, 1.82) is 0 Å². The molecule has 2 N–H and O–H groups in total. The Morgan fingerprint density at radius 1 is 1.19 bits per heavy atom. The predicted molar refractivity (Wildman–Crippen MR) is 106 cm³/mol. The van der Waals surface area contributed by atoms with Gasteiger partial charge in [-0.2, -0.15) is 4.98 Å². The Balaban J connectivity index is 0.00000131. The molecule has 1 aliphatic carbocycles. The van der Waals surface area contributed by atoms with Gasteiger partial charge in [0, 0.05) is 25.2 Å². The van der Waals surface area contributed by atoms with Crippen LogP contribution in [0.15, 0.2) is 28.9 Å². The first kappa shape index (κ1) is 21.6. The van der Waals surface area contributed by atoms with Crippen molar-refractivity contribution in [3.8, 4) is 11.5 Å². The largest absolute Gasteiger partial charge is 0.341 e. The van der Waals surface area contributed by atoms with Gasteiger partial charge >= 0.3 is 0 Å². The molecule has 9 heteroatoms. The molecule has 0 spiro atoms. The molecule has 1 saturated carbocycles. The lowest BCUT2D eigenvalue weighted by Gasteiger charge is -2.35. The summed E-state index contributed by atoms with van der Waals surface area (Å²) in [6.07, 6.45) is 7.08. The van der Waals surface area contributed by atoms with Crippen LogP contribution < -0.4 is 5.73 Å². The fraction of sp³-hybridized carbons (Fsp3) is 0.556. The third-order valence-electron chi connectivity index (χ3n) is 5.39. The molecule has 0 atom stereocenters. The monoisotopic (exact) mass is 413 g/mol. The van der Waals surface area contributed by atoms with Gasteiger partial charge in [0.1, 0.15) is 5.69 Å². The number of carbonyl (C=O) groups is 1. The van der Waals surface area contributed by atoms with Crippen molar-refractivity contribution in [1.82, 2.24) is 20.0 Å². The van der Waals surface area contributed by atoms with Crippen LogP contribution in [-0.2, 0) is 4.79 Å². The van der Waals surface area contributed by atoms with E-state index in [1.807, 2.05) is 23.1 Å². The van der Waals surface area contributed by atoms with Gasteiger partial charge in [0.05, 0.1) is 5.54 Å². The second kappa shape index (κ2) is 8.99. The standard InChI is InChI=1S/C18H23N5O2.2ClH/c19-18(8-2-3-9-18)17(24)23-11-6-13(7-12-23)16-21-15(22-25-16)14-5-1-4-10-20-14;;/h1,4-5,10,13H,2-3,6-9,11-12,19H2;2*1H. The van der Waals surface area contributed by atoms with E-state index in [9.17, 15) is 4.79 Å². The summed E-state index contributed by atoms with van der Waals surface area (Å²) in [5.41, 5.74) is 6.38. The maximum absolute atomic E-state index is 12.7. The summed E-state index contributed by atoms with van der Waals surface area (Å²) in [5.74, 6) is 1.45. The summed E-state index contributed by atoms with van der Waals surface area (Å²) in [5, 5.41) is 4.04. The number of hydrogen-bond acceptors (Lipinski definition) is 6. The molecule has 1 amide bonds. The second-order valence-corrected chi connectivity index (χ2v) is 7.10. The highest BCUT2D eigenvalue weighted by Gasteiger charge is 2.41. The van der Waals surface area contributed by atoms with Crippen LogP contribution in [0.1, 0.15) is 50.3 Å². The van der Waals surface area contributed by atoms with Crippen LogP contribution in [0.2, 0.25) is 0 Å². The van der Waals surface area contributed by atoms with E-state index in [0.717, 1.165) is 38.5 Å². The average molecular weight is 414 g/mol. The molecule has 2 aliphatic rings. The molecule has 148 valence electrons. The lowest BCUT2D eigenvalue weighted by atomic mass is 9.92. The van der Waals surface area contributed by atoms with Gasteiger partial charge in [-0.15, -0.1) is 24.8 Å². The van der Waals surface area contributed by atoms with Gasteiger partial charge in [-0.25, -0.2) is 0 Å². The Labute approximate surface area is 170 Å². The summed E-state index contributed by atoms with van der Waals surface area (Å²) < 4.78 is 5.44. The molecular formula is C18H25Cl2N5O2. The van der Waals surface area contributed by atoms with Gasteiger partial charge in [-0.05, 0) is 37.8 Å². The van der Waals surface area contributed by atoms with Crippen molar-refractivity contribution >= 4 is 30.7 Å². The summed E-state index contributed by atoms with van der Waals surface area (Å²) >= 11 is 0. The van der Waals surface area contributed by atoms with Crippen molar-refractivity contribution in [3.63, 3.8) is 0 Å². The van der Waals surface area contributed by atoms with Crippen molar-refractivity contribution in [3.05, 3.63) is 30.3 Å². The first-order valence-electron chi connectivity index (χ1n) is 8.99. The molecule has 2 aromatic heterocycles. The fourth-order valence-corrected chi connectivity index (χ4v) is 3.86. The van der Waals surface area contributed by atoms with E-state index in [-0.39, 0.29) is 36.6 Å². The highest BCUT2D eigenvalue weighted by atomic mass is 35.5. The number of halogens is 2. The van der Waals surface area contributed by atoms with Crippen molar-refractivity contribution in [2.45, 2.75) is 50.0 Å². The third-order valence-corrected chi connectivity index (χ3v) is 5.39. The Morgan fingerprint density at radius 2 is 1.89 bits per heavy atom. The predicted octanol–water partition coefficient (Wildman–Crippen LogP) is 2.95. The molecule has 0 unspecified atom stereocenters. The lowest BCUT2D eigenvalue weighted by molar-refractivity contribution is -0.138. The highest BCUT2D eigenvalue weighted by molar-refractivity contribution is 5.86. The minimum Gasteiger partial charge on any atom is -0.341 e. The lowest BCUT2D eigenvalue weighted by Crippen LogP contribution is -2.55. The van der Waals surface area contributed by atoms with Crippen molar-refractivity contribution in [2.24, 2.45) is 5.73 Å². The molecule has 1 aliphatic heterocycles. The molecule has 0 radical (unpaired) electrons. The Bertz CT molecular complexity index is 741. The molecule has 3 heterocycles. The van der Waals surface area contributed by atoms with Gasteiger partial charge in [-0.3, -0.25) is 9.78 Å². The van der Waals surface area contributed by atoms with Crippen LogP contribution in [-0.4, -0.2) is 44.6 Å². The number of likely N-dealkylation sites (tertiary alicyclic amines) is 1. The maximum Gasteiger partial charge on any atom is 0.242 e. The highest BCUT2D eigenvalue weighted by Crippen LogP contribution is 2.33. The molecule has 2 fully saturated rings. The molecule has 0 bridgehead atoms. The van der Waals surface area contributed by atoms with Gasteiger partial charge in [-0.1, -0.05) is 24.1 Å². The SMILES string of the molecule is Cl.Cl.NC1(C(=O)N2CCC(c3nc(-c4ccccn4)no3)CC2)CCCC1. The molecular weight excluding hydrogens is 389 g/mol. The number of nitrogens with zero attached hydrogens (tertiary/aromatic N) is 4. The summed E-state index contributed by atoms with van der Waals surface area (Å²) in [7, 11) is 0. The second-order valence-electron chi connectivity index (χ2n) is 7.10. The molecule has 2 aromatic rings. The molecule has 7 nitrogen and oxygen atoms in total. The quantitative estimate of drug-likeness (QED) is 0.829. The summed E-state index contributed by atoms with van der Waals surface area (Å²) in [4.78, 5) is 23.3. The molecule has 27 heavy (non-hydrogen) atoms. The first-order chi connectivity index (χ1) is 12.2. The van der Waals surface area contributed by atoms with E-state index < -0.39 is 5.54 Å². The summed E-state index contributed by atoms with van der Waals surface area (Å²) in [6, 6.07) is 5.61. The van der Waals surface area contributed by atoms with E-state index in [2.05, 4.69) is 15.1 Å². The number of piperidine rings is 1. The van der Waals surface area contributed by atoms with Crippen LogP contribution in [0.25, 0.3) is 11.5 Å². The fourth-order valence-electron chi connectivity index (χ4n) is 3.86. The zero-order valence-corrected chi connectivity index (χ0v) is 16.7. The number of pyridine rings is 1. The van der Waals surface area contributed by atoms with Crippen LogP contribution >= 0.6 is 24.8 Å². The van der Waals surface area contributed by atoms with Gasteiger partial charge in [0.2, 0.25) is 17.6 Å². The minimum atomic E-state index is -0.635. The van der Waals surface area contributed by atoms with Crippen molar-refractivity contribution in [2.75, 3.05) is 13.1 Å². The van der Waals surface area contributed by atoms with E-state index in [0.29, 0.717) is 30.5 Å². The average Bonchev–Trinajstić information content (AvgIpc) is 3.32. The Kier molecular flexibility index (Phi) is 7.19. The number of nitrogens with two attached hydrogens (primary N) is 1. The van der Waals surface area contributed by atoms with Gasteiger partial charge < -0.3 is 15.2 Å². The Morgan fingerprint density at radius 3 is 2.52 bits per heavy atom. The number of carbonyl (C=O) groups excluding carboxylic acids is 1. The first-order valence-corrected chi connectivity index (χ1v) is 8.99. The number of hydrogen-bond donors (Lipinski definition) is 1. The van der Waals surface area contributed by atoms with Gasteiger partial charge in [0.25, 0.3) is 0 Å². The summed E-state index contributed by atoms with van der Waals surface area (Å²) in [6.45, 7) is 1.40. The number of amides is 1. The van der Waals surface area contributed by atoms with Gasteiger partial charge in [0.15, 0.2) is 0 Å². The van der Waals surface area contributed by atoms with Crippen LogP contribution in [0.4, 0.5) is 0 Å². The van der Waals surface area contributed by atoms with E-state index in [4.69, 9.17) is 10.3 Å². The van der Waals surface area contributed by atoms with E-state index >= 15 is 0 Å². The molecule has 0 aromatic carbocycles. The zero-order valence-electron chi connectivity index (χ0n) is 15.0. The minimum absolute atomic E-state index is 0. The van der Waals surface area contributed by atoms with E-state index in [1.54, 1.807) is 6.20 Å². The topological polar surface area (TPSA) is 98.1 Å². The smallest absolute Gasteiger partial charge is 0.242 e. The number of rotatable bonds is 3.